The highest BCUT2D eigenvalue weighted by Gasteiger charge is 2.21. The second-order valence-electron chi connectivity index (χ2n) is 4.44. The van der Waals surface area contributed by atoms with Crippen LogP contribution in [0.4, 0.5) is 0 Å². The summed E-state index contributed by atoms with van der Waals surface area (Å²) in [6.45, 7) is 0. The Kier molecular flexibility index (Phi) is 4.99. The molecule has 0 aliphatic carbocycles. The first-order chi connectivity index (χ1) is 9.10. The van der Waals surface area contributed by atoms with E-state index in [0.717, 1.165) is 17.3 Å². The Balaban J connectivity index is 2.05. The molecule has 19 heavy (non-hydrogen) atoms. The van der Waals surface area contributed by atoms with Crippen molar-refractivity contribution < 1.29 is 13.7 Å². The summed E-state index contributed by atoms with van der Waals surface area (Å²) in [6, 6.07) is 5.43. The SMILES string of the molecule is COc1cc(Br)ccc1C(=O)NC1CCS(=O)CC1. The van der Waals surface area contributed by atoms with Crippen molar-refractivity contribution in [3.05, 3.63) is 28.2 Å². The van der Waals surface area contributed by atoms with E-state index < -0.39 is 10.8 Å². The molecule has 0 atom stereocenters. The molecule has 0 unspecified atom stereocenters. The van der Waals surface area contributed by atoms with Gasteiger partial charge in [-0.25, -0.2) is 0 Å². The Morgan fingerprint density at radius 1 is 1.42 bits per heavy atom. The topological polar surface area (TPSA) is 55.4 Å². The molecular formula is C13H16BrNO3S. The number of halogens is 1. The van der Waals surface area contributed by atoms with E-state index in [0.29, 0.717) is 22.8 Å². The lowest BCUT2D eigenvalue weighted by molar-refractivity contribution is 0.0931. The molecule has 6 heteroatoms. The average molecular weight is 346 g/mol. The van der Waals surface area contributed by atoms with Gasteiger partial charge >= 0.3 is 0 Å². The van der Waals surface area contributed by atoms with Gasteiger partial charge in [-0.3, -0.25) is 9.00 Å². The van der Waals surface area contributed by atoms with E-state index in [1.807, 2.05) is 6.07 Å². The number of carbonyl (C=O) groups excluding carboxylic acids is 1. The normalized spacial score (nSPS) is 22.8. The maximum atomic E-state index is 12.2. The van der Waals surface area contributed by atoms with Crippen LogP contribution in [0, 0.1) is 0 Å². The molecular weight excluding hydrogens is 330 g/mol. The summed E-state index contributed by atoms with van der Waals surface area (Å²) < 4.78 is 17.4. The van der Waals surface area contributed by atoms with Gasteiger partial charge in [0.2, 0.25) is 0 Å². The molecule has 4 nitrogen and oxygen atoms in total. The summed E-state index contributed by atoms with van der Waals surface area (Å²) in [4.78, 5) is 12.2. The lowest BCUT2D eigenvalue weighted by Gasteiger charge is -2.23. The van der Waals surface area contributed by atoms with Gasteiger partial charge in [-0.1, -0.05) is 15.9 Å². The Hall–Kier alpha value is -0.880. The maximum Gasteiger partial charge on any atom is 0.255 e. The summed E-state index contributed by atoms with van der Waals surface area (Å²) in [6.07, 6.45) is 1.55. The standard InChI is InChI=1S/C13H16BrNO3S/c1-18-12-8-9(14)2-3-11(12)13(16)15-10-4-6-19(17)7-5-10/h2-3,8,10H,4-7H2,1H3,(H,15,16). The van der Waals surface area contributed by atoms with Gasteiger partial charge in [0.05, 0.1) is 12.7 Å². The molecule has 1 fully saturated rings. The number of benzene rings is 1. The predicted molar refractivity (Wildman–Crippen MR) is 79.1 cm³/mol. The van der Waals surface area contributed by atoms with Crippen molar-refractivity contribution in [1.82, 2.24) is 5.32 Å². The fourth-order valence-corrected chi connectivity index (χ4v) is 3.69. The van der Waals surface area contributed by atoms with E-state index in [2.05, 4.69) is 21.2 Å². The third-order valence-corrected chi connectivity index (χ3v) is 5.01. The lowest BCUT2D eigenvalue weighted by Crippen LogP contribution is -2.39. The van der Waals surface area contributed by atoms with Gasteiger partial charge in [0, 0.05) is 32.8 Å². The summed E-state index contributed by atoms with van der Waals surface area (Å²) in [5.41, 5.74) is 0.525. The predicted octanol–water partition coefficient (Wildman–Crippen LogP) is 2.10. The zero-order valence-electron chi connectivity index (χ0n) is 10.6. The van der Waals surface area contributed by atoms with Crippen LogP contribution in [0.5, 0.6) is 5.75 Å². The second kappa shape index (κ2) is 6.52. The monoisotopic (exact) mass is 345 g/mol. The molecule has 2 rings (SSSR count). The van der Waals surface area contributed by atoms with Crippen molar-refractivity contribution in [2.45, 2.75) is 18.9 Å². The molecule has 104 valence electrons. The summed E-state index contributed by atoms with van der Waals surface area (Å²) in [5.74, 6) is 1.75. The van der Waals surface area contributed by atoms with Crippen LogP contribution in [0.1, 0.15) is 23.2 Å². The largest absolute Gasteiger partial charge is 0.496 e. The molecule has 1 N–H and O–H groups in total. The first kappa shape index (κ1) is 14.5. The molecule has 1 heterocycles. The average Bonchev–Trinajstić information content (AvgIpc) is 2.41. The Morgan fingerprint density at radius 2 is 2.11 bits per heavy atom. The van der Waals surface area contributed by atoms with E-state index in [4.69, 9.17) is 4.74 Å². The summed E-state index contributed by atoms with van der Waals surface area (Å²) >= 11 is 3.35. The molecule has 1 saturated heterocycles. The van der Waals surface area contributed by atoms with Crippen LogP contribution in [-0.2, 0) is 10.8 Å². The van der Waals surface area contributed by atoms with Gasteiger partial charge in [0.15, 0.2) is 0 Å². The minimum Gasteiger partial charge on any atom is -0.496 e. The molecule has 1 aliphatic rings. The minimum atomic E-state index is -0.711. The highest BCUT2D eigenvalue weighted by molar-refractivity contribution is 9.10. The first-order valence-corrected chi connectivity index (χ1v) is 8.37. The molecule has 0 radical (unpaired) electrons. The zero-order valence-corrected chi connectivity index (χ0v) is 13.1. The van der Waals surface area contributed by atoms with Gasteiger partial charge < -0.3 is 10.1 Å². The minimum absolute atomic E-state index is 0.110. The number of methoxy groups -OCH3 is 1. The Morgan fingerprint density at radius 3 is 2.74 bits per heavy atom. The molecule has 0 bridgehead atoms. The van der Waals surface area contributed by atoms with Crippen molar-refractivity contribution in [2.24, 2.45) is 0 Å². The third kappa shape index (κ3) is 3.79. The van der Waals surface area contributed by atoms with E-state index in [-0.39, 0.29) is 11.9 Å². The van der Waals surface area contributed by atoms with Gasteiger partial charge in [-0.2, -0.15) is 0 Å². The zero-order chi connectivity index (χ0) is 13.8. The van der Waals surface area contributed by atoms with Gasteiger partial charge in [-0.05, 0) is 31.0 Å². The number of ether oxygens (including phenoxy) is 1. The van der Waals surface area contributed by atoms with Crippen LogP contribution in [0.25, 0.3) is 0 Å². The molecule has 0 aromatic heterocycles. The molecule has 1 aromatic rings. The van der Waals surface area contributed by atoms with Crippen LogP contribution in [0.2, 0.25) is 0 Å². The number of hydrogen-bond donors (Lipinski definition) is 1. The fourth-order valence-electron chi connectivity index (χ4n) is 2.05. The van der Waals surface area contributed by atoms with E-state index in [1.165, 1.54) is 0 Å². The van der Waals surface area contributed by atoms with Crippen LogP contribution < -0.4 is 10.1 Å². The van der Waals surface area contributed by atoms with Gasteiger partial charge in [0.25, 0.3) is 5.91 Å². The molecule has 1 aromatic carbocycles. The highest BCUT2D eigenvalue weighted by Crippen LogP contribution is 2.23. The van der Waals surface area contributed by atoms with Crippen molar-refractivity contribution in [1.29, 1.82) is 0 Å². The van der Waals surface area contributed by atoms with Crippen molar-refractivity contribution in [2.75, 3.05) is 18.6 Å². The number of rotatable bonds is 3. The van der Waals surface area contributed by atoms with Crippen molar-refractivity contribution >= 4 is 32.6 Å². The van der Waals surface area contributed by atoms with E-state index >= 15 is 0 Å². The smallest absolute Gasteiger partial charge is 0.255 e. The fraction of sp³-hybridized carbons (Fsp3) is 0.462. The van der Waals surface area contributed by atoms with Crippen LogP contribution in [-0.4, -0.2) is 34.8 Å². The first-order valence-electron chi connectivity index (χ1n) is 6.09. The van der Waals surface area contributed by atoms with Crippen molar-refractivity contribution in [3.8, 4) is 5.75 Å². The third-order valence-electron chi connectivity index (χ3n) is 3.13. The molecule has 1 aliphatic heterocycles. The summed E-state index contributed by atoms with van der Waals surface area (Å²) in [5, 5.41) is 2.98. The number of nitrogens with one attached hydrogen (secondary N) is 1. The Labute approximate surface area is 123 Å². The van der Waals surface area contributed by atoms with Crippen LogP contribution in [0.15, 0.2) is 22.7 Å². The molecule has 0 spiro atoms. The molecule has 0 saturated carbocycles. The quantitative estimate of drug-likeness (QED) is 0.912. The second-order valence-corrected chi connectivity index (χ2v) is 7.05. The van der Waals surface area contributed by atoms with Crippen LogP contribution >= 0.6 is 15.9 Å². The van der Waals surface area contributed by atoms with E-state index in [9.17, 15) is 9.00 Å². The van der Waals surface area contributed by atoms with Gasteiger partial charge in [-0.15, -0.1) is 0 Å². The number of amides is 1. The lowest BCUT2D eigenvalue weighted by atomic mass is 10.1. The van der Waals surface area contributed by atoms with Crippen LogP contribution in [0.3, 0.4) is 0 Å². The van der Waals surface area contributed by atoms with E-state index in [1.54, 1.807) is 19.2 Å². The Bertz CT molecular complexity index is 497. The highest BCUT2D eigenvalue weighted by atomic mass is 79.9. The maximum absolute atomic E-state index is 12.2. The molecule has 1 amide bonds. The van der Waals surface area contributed by atoms with Gasteiger partial charge in [0.1, 0.15) is 5.75 Å². The number of carbonyl (C=O) groups is 1. The van der Waals surface area contributed by atoms with Crippen molar-refractivity contribution in [3.63, 3.8) is 0 Å². The summed E-state index contributed by atoms with van der Waals surface area (Å²) in [7, 11) is 0.832. The number of hydrogen-bond acceptors (Lipinski definition) is 3.